The van der Waals surface area contributed by atoms with Crippen molar-refractivity contribution in [2.45, 2.75) is 117 Å². The summed E-state index contributed by atoms with van der Waals surface area (Å²) in [5.74, 6) is 0.478. The topological polar surface area (TPSA) is 55.4 Å². The zero-order valence-electron chi connectivity index (χ0n) is 18.7. The molecule has 4 heteroatoms. The fourth-order valence-corrected chi connectivity index (χ4v) is 3.26. The third-order valence-electron chi connectivity index (χ3n) is 4.98. The molecule has 0 radical (unpaired) electrons. The van der Waals surface area contributed by atoms with Crippen LogP contribution in [0, 0.1) is 5.92 Å². The monoisotopic (exact) mass is 395 g/mol. The van der Waals surface area contributed by atoms with Crippen molar-refractivity contribution in [1.82, 2.24) is 5.32 Å². The number of ether oxygens (including phenoxy) is 1. The van der Waals surface area contributed by atoms with Crippen molar-refractivity contribution in [3.05, 3.63) is 12.2 Å². The first-order valence-corrected chi connectivity index (χ1v) is 11.6. The molecule has 0 heterocycles. The van der Waals surface area contributed by atoms with Gasteiger partial charge in [0.25, 0.3) is 0 Å². The fraction of sp³-hybridized carbons (Fsp3) is 0.833. The Hall–Kier alpha value is -1.32. The molecular formula is C24H45NO3. The van der Waals surface area contributed by atoms with Crippen LogP contribution in [0.1, 0.15) is 111 Å². The summed E-state index contributed by atoms with van der Waals surface area (Å²) in [6.45, 7) is 6.75. The largest absolute Gasteiger partial charge is 0.461 e. The molecule has 4 nitrogen and oxygen atoms in total. The number of allylic oxidation sites excluding steroid dienone is 1. The second-order valence-corrected chi connectivity index (χ2v) is 8.26. The number of esters is 1. The number of hydrogen-bond acceptors (Lipinski definition) is 3. The number of carbonyl (C=O) groups excluding carboxylic acids is 2. The van der Waals surface area contributed by atoms with Gasteiger partial charge in [-0.25, -0.2) is 0 Å². The molecule has 0 aliphatic rings. The molecule has 0 bridgehead atoms. The number of unbranched alkanes of at least 4 members (excludes halogenated alkanes) is 9. The lowest BCUT2D eigenvalue weighted by molar-refractivity contribution is -0.148. The molecule has 0 unspecified atom stereocenters. The standard InChI is InChI=1S/C24H45NO3/c1-4-5-6-11-15-18-23(28-24(27)20-25-21-26)19-16-13-10-8-7-9-12-14-17-22(2)3/h13,16,21-23H,4-12,14-15,17-20H2,1-3H3,(H,25,26)/b16-13+/t23-/m0/s1. The highest BCUT2D eigenvalue weighted by Crippen LogP contribution is 2.14. The van der Waals surface area contributed by atoms with Crippen LogP contribution in [0.3, 0.4) is 0 Å². The molecular weight excluding hydrogens is 350 g/mol. The van der Waals surface area contributed by atoms with E-state index in [4.69, 9.17) is 4.74 Å². The Morgan fingerprint density at radius 3 is 2.21 bits per heavy atom. The molecule has 164 valence electrons. The quantitative estimate of drug-likeness (QED) is 0.113. The first kappa shape index (κ1) is 26.7. The lowest BCUT2D eigenvalue weighted by atomic mass is 10.0. The fourth-order valence-electron chi connectivity index (χ4n) is 3.26. The van der Waals surface area contributed by atoms with E-state index in [1.54, 1.807) is 0 Å². The van der Waals surface area contributed by atoms with Gasteiger partial charge in [0.15, 0.2) is 0 Å². The summed E-state index contributed by atoms with van der Waals surface area (Å²) in [4.78, 5) is 22.1. The SMILES string of the molecule is CCCCCCC[C@@H](C/C=C/CCCCCCCC(C)C)OC(=O)CNC=O. The summed E-state index contributed by atoms with van der Waals surface area (Å²) in [6, 6.07) is 0. The maximum atomic E-state index is 11.8. The summed E-state index contributed by atoms with van der Waals surface area (Å²) in [5.41, 5.74) is 0. The van der Waals surface area contributed by atoms with E-state index in [9.17, 15) is 9.59 Å². The van der Waals surface area contributed by atoms with E-state index >= 15 is 0 Å². The molecule has 0 aromatic heterocycles. The number of rotatable bonds is 20. The van der Waals surface area contributed by atoms with E-state index in [2.05, 4.69) is 38.2 Å². The Labute approximate surface area is 173 Å². The Morgan fingerprint density at radius 2 is 1.54 bits per heavy atom. The van der Waals surface area contributed by atoms with E-state index < -0.39 is 0 Å². The minimum absolute atomic E-state index is 0.0453. The van der Waals surface area contributed by atoms with Crippen LogP contribution in [0.4, 0.5) is 0 Å². The normalized spacial score (nSPS) is 12.4. The number of nitrogens with one attached hydrogen (secondary N) is 1. The summed E-state index contributed by atoms with van der Waals surface area (Å²) < 4.78 is 5.54. The summed E-state index contributed by atoms with van der Waals surface area (Å²) >= 11 is 0. The molecule has 0 rings (SSSR count). The van der Waals surface area contributed by atoms with Crippen molar-refractivity contribution in [2.75, 3.05) is 6.54 Å². The van der Waals surface area contributed by atoms with Crippen molar-refractivity contribution >= 4 is 12.4 Å². The van der Waals surface area contributed by atoms with Crippen LogP contribution < -0.4 is 5.32 Å². The average molecular weight is 396 g/mol. The molecule has 0 aromatic rings. The van der Waals surface area contributed by atoms with Crippen LogP contribution in [-0.2, 0) is 14.3 Å². The number of carbonyl (C=O) groups is 2. The smallest absolute Gasteiger partial charge is 0.325 e. The van der Waals surface area contributed by atoms with Gasteiger partial charge in [-0.3, -0.25) is 9.59 Å². The average Bonchev–Trinajstić information content (AvgIpc) is 2.67. The minimum atomic E-state index is -0.347. The van der Waals surface area contributed by atoms with Gasteiger partial charge in [-0.15, -0.1) is 0 Å². The second kappa shape index (κ2) is 20.4. The van der Waals surface area contributed by atoms with Crippen molar-refractivity contribution < 1.29 is 14.3 Å². The van der Waals surface area contributed by atoms with Gasteiger partial charge < -0.3 is 10.1 Å². The zero-order chi connectivity index (χ0) is 20.9. The van der Waals surface area contributed by atoms with Crippen molar-refractivity contribution in [2.24, 2.45) is 5.92 Å². The summed E-state index contributed by atoms with van der Waals surface area (Å²) in [7, 11) is 0. The maximum absolute atomic E-state index is 11.8. The Kier molecular flexibility index (Phi) is 19.5. The maximum Gasteiger partial charge on any atom is 0.325 e. The van der Waals surface area contributed by atoms with E-state index in [0.29, 0.717) is 6.41 Å². The number of amides is 1. The van der Waals surface area contributed by atoms with Crippen molar-refractivity contribution in [1.29, 1.82) is 0 Å². The molecule has 0 aliphatic heterocycles. The van der Waals surface area contributed by atoms with Gasteiger partial charge >= 0.3 is 5.97 Å². The third kappa shape index (κ3) is 19.4. The van der Waals surface area contributed by atoms with Crippen molar-refractivity contribution in [3.63, 3.8) is 0 Å². The number of hydrogen-bond donors (Lipinski definition) is 1. The zero-order valence-corrected chi connectivity index (χ0v) is 18.7. The van der Waals surface area contributed by atoms with Gasteiger partial charge in [-0.2, -0.15) is 0 Å². The highest BCUT2D eigenvalue weighted by Gasteiger charge is 2.12. The predicted molar refractivity (Wildman–Crippen MR) is 118 cm³/mol. The Morgan fingerprint density at radius 1 is 0.893 bits per heavy atom. The third-order valence-corrected chi connectivity index (χ3v) is 4.98. The van der Waals surface area contributed by atoms with Gasteiger partial charge in [-0.1, -0.05) is 90.7 Å². The van der Waals surface area contributed by atoms with Crippen LogP contribution in [0.2, 0.25) is 0 Å². The molecule has 0 spiro atoms. The molecule has 1 amide bonds. The second-order valence-electron chi connectivity index (χ2n) is 8.26. The van der Waals surface area contributed by atoms with Crippen LogP contribution in [0.25, 0.3) is 0 Å². The molecule has 0 aromatic carbocycles. The first-order valence-electron chi connectivity index (χ1n) is 11.6. The van der Waals surface area contributed by atoms with E-state index in [0.717, 1.165) is 31.6 Å². The lowest BCUT2D eigenvalue weighted by Gasteiger charge is -2.16. The van der Waals surface area contributed by atoms with E-state index in [-0.39, 0.29) is 18.6 Å². The van der Waals surface area contributed by atoms with Crippen molar-refractivity contribution in [3.8, 4) is 0 Å². The van der Waals surface area contributed by atoms with Gasteiger partial charge in [0.2, 0.25) is 6.41 Å². The molecule has 0 saturated carbocycles. The van der Waals surface area contributed by atoms with Crippen LogP contribution in [-0.4, -0.2) is 25.0 Å². The van der Waals surface area contributed by atoms with Gasteiger partial charge in [0.1, 0.15) is 12.6 Å². The van der Waals surface area contributed by atoms with Crippen LogP contribution >= 0.6 is 0 Å². The lowest BCUT2D eigenvalue weighted by Crippen LogP contribution is -2.27. The Balaban J connectivity index is 3.97. The summed E-state index contributed by atoms with van der Waals surface area (Å²) in [5, 5.41) is 2.38. The predicted octanol–water partition coefficient (Wildman–Crippen LogP) is 6.34. The molecule has 0 fully saturated rings. The highest BCUT2D eigenvalue weighted by molar-refractivity contribution is 5.74. The molecule has 0 aliphatic carbocycles. The van der Waals surface area contributed by atoms with Gasteiger partial charge in [0.05, 0.1) is 0 Å². The molecule has 1 N–H and O–H groups in total. The molecule has 0 saturated heterocycles. The minimum Gasteiger partial charge on any atom is -0.461 e. The van der Waals surface area contributed by atoms with Crippen LogP contribution in [0.15, 0.2) is 12.2 Å². The van der Waals surface area contributed by atoms with Gasteiger partial charge in [-0.05, 0) is 31.6 Å². The first-order chi connectivity index (χ1) is 13.6. The van der Waals surface area contributed by atoms with Crippen LogP contribution in [0.5, 0.6) is 0 Å². The molecule has 28 heavy (non-hydrogen) atoms. The highest BCUT2D eigenvalue weighted by atomic mass is 16.5. The van der Waals surface area contributed by atoms with E-state index in [1.807, 2.05) is 0 Å². The van der Waals surface area contributed by atoms with E-state index in [1.165, 1.54) is 64.2 Å². The molecule has 1 atom stereocenters. The van der Waals surface area contributed by atoms with Gasteiger partial charge in [0, 0.05) is 6.42 Å². The Bertz CT molecular complexity index is 393. The summed E-state index contributed by atoms with van der Waals surface area (Å²) in [6.07, 6.45) is 21.6.